The monoisotopic (exact) mass is 410 g/mol. The maximum atomic E-state index is 12.6. The molecule has 0 bridgehead atoms. The number of benzene rings is 2. The van der Waals surface area contributed by atoms with Gasteiger partial charge in [-0.15, -0.1) is 11.8 Å². The highest BCUT2D eigenvalue weighted by Gasteiger charge is 2.34. The molecule has 2 unspecified atom stereocenters. The molecule has 0 aliphatic carbocycles. The molecule has 2 aliphatic heterocycles. The predicted molar refractivity (Wildman–Crippen MR) is 120 cm³/mol. The Morgan fingerprint density at radius 3 is 2.66 bits per heavy atom. The third-order valence-electron chi connectivity index (χ3n) is 6.09. The maximum Gasteiger partial charge on any atom is 0.321 e. The van der Waals surface area contributed by atoms with Crippen molar-refractivity contribution in [2.24, 2.45) is 5.92 Å². The van der Waals surface area contributed by atoms with Gasteiger partial charge in [0, 0.05) is 35.8 Å². The van der Waals surface area contributed by atoms with E-state index in [0.717, 1.165) is 42.9 Å². The summed E-state index contributed by atoms with van der Waals surface area (Å²) in [7, 11) is 0. The minimum atomic E-state index is 0.0110. The van der Waals surface area contributed by atoms with Crippen LogP contribution in [-0.2, 0) is 0 Å². The largest absolute Gasteiger partial charge is 0.325 e. The Morgan fingerprint density at radius 1 is 1.10 bits per heavy atom. The average Bonchev–Trinajstić information content (AvgIpc) is 3.24. The number of urea groups is 1. The number of hydrogen-bond acceptors (Lipinski definition) is 4. The van der Waals surface area contributed by atoms with E-state index in [1.807, 2.05) is 29.4 Å². The Morgan fingerprint density at radius 2 is 1.90 bits per heavy atom. The first-order valence-electron chi connectivity index (χ1n) is 10.4. The molecule has 3 N–H and O–H groups in total. The van der Waals surface area contributed by atoms with E-state index >= 15 is 0 Å². The summed E-state index contributed by atoms with van der Waals surface area (Å²) >= 11 is 1.68. The van der Waals surface area contributed by atoms with Gasteiger partial charge < -0.3 is 10.2 Å². The number of anilines is 1. The van der Waals surface area contributed by atoms with Crippen LogP contribution in [0.4, 0.5) is 10.5 Å². The summed E-state index contributed by atoms with van der Waals surface area (Å²) < 4.78 is 0. The highest BCUT2D eigenvalue weighted by atomic mass is 32.2. The van der Waals surface area contributed by atoms with Crippen LogP contribution in [0.15, 0.2) is 53.4 Å². The van der Waals surface area contributed by atoms with Crippen LogP contribution >= 0.6 is 11.8 Å². The van der Waals surface area contributed by atoms with Gasteiger partial charge in [-0.1, -0.05) is 35.9 Å². The molecule has 2 atom stereocenters. The van der Waals surface area contributed by atoms with Crippen molar-refractivity contribution in [3.63, 3.8) is 0 Å². The first-order chi connectivity index (χ1) is 14.1. The number of nitrogens with one attached hydrogen (secondary N) is 3. The number of hydrazine groups is 1. The number of piperidine rings is 1. The van der Waals surface area contributed by atoms with Gasteiger partial charge >= 0.3 is 6.03 Å². The second-order valence-corrected chi connectivity index (χ2v) is 8.96. The molecule has 0 spiro atoms. The van der Waals surface area contributed by atoms with Crippen LogP contribution in [0.25, 0.3) is 0 Å². The fraction of sp³-hybridized carbons (Fsp3) is 0.435. The van der Waals surface area contributed by atoms with Crippen molar-refractivity contribution in [3.05, 3.63) is 59.7 Å². The normalized spacial score (nSPS) is 22.6. The van der Waals surface area contributed by atoms with Gasteiger partial charge in [0.2, 0.25) is 0 Å². The van der Waals surface area contributed by atoms with E-state index in [1.165, 1.54) is 11.1 Å². The predicted octanol–water partition coefficient (Wildman–Crippen LogP) is 4.57. The zero-order valence-corrected chi connectivity index (χ0v) is 18.0. The number of carbonyl (C=O) groups is 1. The summed E-state index contributed by atoms with van der Waals surface area (Å²) in [6.07, 6.45) is 5.22. The summed E-state index contributed by atoms with van der Waals surface area (Å²) in [4.78, 5) is 15.7. The number of carbonyl (C=O) groups excluding carboxylic acids is 1. The van der Waals surface area contributed by atoms with E-state index < -0.39 is 0 Å². The van der Waals surface area contributed by atoms with E-state index in [1.54, 1.807) is 11.8 Å². The van der Waals surface area contributed by atoms with Crippen molar-refractivity contribution < 1.29 is 4.79 Å². The highest BCUT2D eigenvalue weighted by molar-refractivity contribution is 7.98. The summed E-state index contributed by atoms with van der Waals surface area (Å²) in [6, 6.07) is 17.6. The van der Waals surface area contributed by atoms with Gasteiger partial charge in [0.1, 0.15) is 0 Å². The first kappa shape index (κ1) is 20.3. The van der Waals surface area contributed by atoms with Crippen LogP contribution < -0.4 is 16.2 Å². The van der Waals surface area contributed by atoms with E-state index in [2.05, 4.69) is 53.4 Å². The standard InChI is InChI=1S/C23H30N4OS/c1-16-5-3-6-18(13-16)22-15-21(25-26-22)17-9-11-27(12-10-17)23(28)24-19-7-4-8-20(14-19)29-2/h3-8,13-14,17,21-22,25-26H,9-12,15H2,1-2H3,(H,24,28). The summed E-state index contributed by atoms with van der Waals surface area (Å²) in [5, 5.41) is 3.05. The molecule has 2 fully saturated rings. The fourth-order valence-electron chi connectivity index (χ4n) is 4.40. The molecule has 2 aromatic rings. The van der Waals surface area contributed by atoms with Crippen LogP contribution in [0, 0.1) is 12.8 Å². The van der Waals surface area contributed by atoms with E-state index in [9.17, 15) is 4.79 Å². The van der Waals surface area contributed by atoms with Crippen molar-refractivity contribution in [2.45, 2.75) is 43.2 Å². The molecule has 2 amide bonds. The molecule has 6 heteroatoms. The highest BCUT2D eigenvalue weighted by Crippen LogP contribution is 2.31. The second-order valence-electron chi connectivity index (χ2n) is 8.08. The molecule has 2 aromatic carbocycles. The number of hydrogen-bond donors (Lipinski definition) is 3. The lowest BCUT2D eigenvalue weighted by molar-refractivity contribution is 0.169. The minimum absolute atomic E-state index is 0.0110. The van der Waals surface area contributed by atoms with E-state index in [0.29, 0.717) is 18.0 Å². The zero-order valence-electron chi connectivity index (χ0n) is 17.2. The number of amides is 2. The van der Waals surface area contributed by atoms with Crippen LogP contribution in [0.1, 0.15) is 36.4 Å². The molecule has 5 nitrogen and oxygen atoms in total. The number of likely N-dealkylation sites (tertiary alicyclic amines) is 1. The molecule has 2 aliphatic rings. The third-order valence-corrected chi connectivity index (χ3v) is 6.82. The Balaban J connectivity index is 1.27. The van der Waals surface area contributed by atoms with Crippen molar-refractivity contribution in [1.82, 2.24) is 15.8 Å². The van der Waals surface area contributed by atoms with Crippen molar-refractivity contribution in [3.8, 4) is 0 Å². The lowest BCUT2D eigenvalue weighted by atomic mass is 9.86. The first-order valence-corrected chi connectivity index (χ1v) is 11.6. The number of aryl methyl sites for hydroxylation is 1. The lowest BCUT2D eigenvalue weighted by Crippen LogP contribution is -2.45. The van der Waals surface area contributed by atoms with Gasteiger partial charge in [-0.05, 0) is 62.1 Å². The van der Waals surface area contributed by atoms with Gasteiger partial charge in [0.05, 0.1) is 0 Å². The van der Waals surface area contributed by atoms with Crippen LogP contribution in [0.5, 0.6) is 0 Å². The van der Waals surface area contributed by atoms with Gasteiger partial charge in [-0.3, -0.25) is 10.9 Å². The molecular formula is C23H30N4OS. The topological polar surface area (TPSA) is 56.4 Å². The van der Waals surface area contributed by atoms with Crippen LogP contribution in [-0.4, -0.2) is 36.3 Å². The molecule has 0 radical (unpaired) electrons. The molecular weight excluding hydrogens is 380 g/mol. The van der Waals surface area contributed by atoms with Crippen molar-refractivity contribution in [2.75, 3.05) is 24.7 Å². The molecule has 0 aromatic heterocycles. The Labute approximate surface area is 177 Å². The number of rotatable bonds is 4. The minimum Gasteiger partial charge on any atom is -0.325 e. The van der Waals surface area contributed by atoms with Crippen LogP contribution in [0.3, 0.4) is 0 Å². The third kappa shape index (κ3) is 4.94. The Kier molecular flexibility index (Phi) is 6.43. The number of nitrogens with zero attached hydrogens (tertiary/aromatic N) is 1. The smallest absolute Gasteiger partial charge is 0.321 e. The summed E-state index contributed by atoms with van der Waals surface area (Å²) in [6.45, 7) is 3.76. The summed E-state index contributed by atoms with van der Waals surface area (Å²) in [5.41, 5.74) is 10.5. The van der Waals surface area contributed by atoms with Gasteiger partial charge in [-0.2, -0.15) is 0 Å². The second kappa shape index (κ2) is 9.20. The maximum absolute atomic E-state index is 12.6. The van der Waals surface area contributed by atoms with Gasteiger partial charge in [0.25, 0.3) is 0 Å². The van der Waals surface area contributed by atoms with Gasteiger partial charge in [-0.25, -0.2) is 4.79 Å². The van der Waals surface area contributed by atoms with Crippen molar-refractivity contribution >= 4 is 23.5 Å². The molecule has 0 saturated carbocycles. The molecule has 4 rings (SSSR count). The molecule has 2 saturated heterocycles. The van der Waals surface area contributed by atoms with Crippen LogP contribution in [0.2, 0.25) is 0 Å². The quantitative estimate of drug-likeness (QED) is 0.647. The molecule has 154 valence electrons. The van der Waals surface area contributed by atoms with Gasteiger partial charge in [0.15, 0.2) is 0 Å². The van der Waals surface area contributed by atoms with Crippen molar-refractivity contribution in [1.29, 1.82) is 0 Å². The molecule has 29 heavy (non-hydrogen) atoms. The molecule has 2 heterocycles. The zero-order chi connectivity index (χ0) is 20.2. The van der Waals surface area contributed by atoms with E-state index in [-0.39, 0.29) is 6.03 Å². The number of thioether (sulfide) groups is 1. The fourth-order valence-corrected chi connectivity index (χ4v) is 4.86. The van der Waals surface area contributed by atoms with E-state index in [4.69, 9.17) is 0 Å². The average molecular weight is 411 g/mol. The Hall–Kier alpha value is -2.02. The Bertz CT molecular complexity index is 850. The lowest BCUT2D eigenvalue weighted by Gasteiger charge is -2.34. The summed E-state index contributed by atoms with van der Waals surface area (Å²) in [5.74, 6) is 0.598. The SMILES string of the molecule is CSc1cccc(NC(=O)N2CCC(C3CC(c4cccc(C)c4)NN3)CC2)c1.